The highest BCUT2D eigenvalue weighted by Gasteiger charge is 2.07. The van der Waals surface area contributed by atoms with Crippen LogP contribution in [0.15, 0.2) is 42.7 Å². The summed E-state index contributed by atoms with van der Waals surface area (Å²) in [6.45, 7) is 10.8. The number of anilines is 2. The first-order valence-corrected chi connectivity index (χ1v) is 17.4. The molecule has 246 valence electrons. The van der Waals surface area contributed by atoms with Crippen molar-refractivity contribution in [2.24, 2.45) is 11.5 Å². The highest BCUT2D eigenvalue weighted by molar-refractivity contribution is 5.87. The van der Waals surface area contributed by atoms with E-state index in [9.17, 15) is 0 Å². The van der Waals surface area contributed by atoms with Crippen molar-refractivity contribution in [3.8, 4) is 0 Å². The topological polar surface area (TPSA) is 132 Å². The van der Waals surface area contributed by atoms with Gasteiger partial charge in [-0.05, 0) is 102 Å². The lowest BCUT2D eigenvalue weighted by Gasteiger charge is -2.21. The Kier molecular flexibility index (Phi) is 20.8. The minimum absolute atomic E-state index is 0.538. The van der Waals surface area contributed by atoms with Crippen LogP contribution in [0.2, 0.25) is 0 Å². The number of fused-ring (bicyclic) bond motifs is 1. The molecule has 0 aliphatic carbocycles. The predicted molar refractivity (Wildman–Crippen MR) is 190 cm³/mol. The van der Waals surface area contributed by atoms with Crippen LogP contribution in [0.3, 0.4) is 0 Å². The normalized spacial score (nSPS) is 11.1. The van der Waals surface area contributed by atoms with Gasteiger partial charge in [0.15, 0.2) is 0 Å². The number of nitrogens with zero attached hydrogens (tertiary/aromatic N) is 4. The molecule has 8 nitrogen and oxygen atoms in total. The number of benzene rings is 1. The van der Waals surface area contributed by atoms with Crippen molar-refractivity contribution in [2.75, 3.05) is 50.3 Å². The molecular weight excluding hydrogens is 544 g/mol. The van der Waals surface area contributed by atoms with Crippen LogP contribution in [0.5, 0.6) is 0 Å². The van der Waals surface area contributed by atoms with Gasteiger partial charge in [-0.15, -0.1) is 0 Å². The molecule has 0 radical (unpaired) electrons. The molecule has 2 aromatic heterocycles. The van der Waals surface area contributed by atoms with Crippen LogP contribution in [0, 0.1) is 0 Å². The molecule has 7 N–H and O–H groups in total. The second kappa shape index (κ2) is 24.5. The molecule has 0 spiro atoms. The van der Waals surface area contributed by atoms with E-state index in [1.165, 1.54) is 121 Å². The van der Waals surface area contributed by atoms with E-state index in [0.717, 1.165) is 42.5 Å². The minimum Gasteiger partial charge on any atom is -0.384 e. The van der Waals surface area contributed by atoms with Crippen molar-refractivity contribution < 1.29 is 0 Å². The fourth-order valence-electron chi connectivity index (χ4n) is 5.43. The number of nitrogens with two attached hydrogens (primary N) is 3. The summed E-state index contributed by atoms with van der Waals surface area (Å²) in [6, 6.07) is 12.1. The van der Waals surface area contributed by atoms with Crippen LogP contribution in [0.25, 0.3) is 10.9 Å². The maximum atomic E-state index is 5.88. The van der Waals surface area contributed by atoms with E-state index < -0.39 is 0 Å². The zero-order valence-electron chi connectivity index (χ0n) is 27.9. The van der Waals surface area contributed by atoms with Gasteiger partial charge in [0.05, 0.1) is 16.9 Å². The van der Waals surface area contributed by atoms with Gasteiger partial charge in [-0.2, -0.15) is 0 Å². The van der Waals surface area contributed by atoms with Gasteiger partial charge in [-0.25, -0.2) is 9.97 Å². The van der Waals surface area contributed by atoms with E-state index in [4.69, 9.17) is 22.2 Å². The summed E-state index contributed by atoms with van der Waals surface area (Å²) in [5.41, 5.74) is 21.5. The Balaban J connectivity index is 0.000000505. The van der Waals surface area contributed by atoms with E-state index in [1.54, 1.807) is 0 Å². The number of aryl methyl sites for hydroxylation is 1. The Morgan fingerprint density at radius 1 is 0.682 bits per heavy atom. The zero-order chi connectivity index (χ0) is 31.7. The Morgan fingerprint density at radius 3 is 2.11 bits per heavy atom. The Hall–Kier alpha value is -2.81. The average molecular weight is 607 g/mol. The number of hydrogen-bond donors (Lipinski definition) is 4. The lowest BCUT2D eigenvalue weighted by molar-refractivity contribution is 0.264. The van der Waals surface area contributed by atoms with Gasteiger partial charge < -0.3 is 27.4 Å². The Bertz CT molecular complexity index is 1120. The van der Waals surface area contributed by atoms with Crippen molar-refractivity contribution in [3.05, 3.63) is 54.1 Å². The van der Waals surface area contributed by atoms with Crippen LogP contribution in [-0.4, -0.2) is 59.1 Å². The zero-order valence-corrected chi connectivity index (χ0v) is 27.9. The number of nitrogen functional groups attached to an aromatic ring is 1. The highest BCUT2D eigenvalue weighted by atomic mass is 15.1. The third kappa shape index (κ3) is 15.8. The first-order chi connectivity index (χ1) is 21.6. The molecule has 0 amide bonds. The van der Waals surface area contributed by atoms with E-state index in [-0.39, 0.29) is 0 Å². The Labute approximate surface area is 268 Å². The highest BCUT2D eigenvalue weighted by Crippen LogP contribution is 2.17. The molecule has 2 heterocycles. The lowest BCUT2D eigenvalue weighted by atomic mass is 10.1. The summed E-state index contributed by atoms with van der Waals surface area (Å²) in [6.07, 6.45) is 20.1. The van der Waals surface area contributed by atoms with E-state index in [0.29, 0.717) is 12.4 Å². The molecule has 0 unspecified atom stereocenters. The number of pyridine rings is 1. The summed E-state index contributed by atoms with van der Waals surface area (Å²) in [5, 5.41) is 4.53. The maximum absolute atomic E-state index is 5.88. The van der Waals surface area contributed by atoms with Gasteiger partial charge in [0.25, 0.3) is 0 Å². The average Bonchev–Trinajstić information content (AvgIpc) is 3.04. The quantitative estimate of drug-likeness (QED) is 0.0839. The fraction of sp³-hybridized carbons (Fsp3) is 0.639. The van der Waals surface area contributed by atoms with Gasteiger partial charge in [0.1, 0.15) is 12.1 Å². The third-order valence-electron chi connectivity index (χ3n) is 7.96. The van der Waals surface area contributed by atoms with Crippen LogP contribution in [0.4, 0.5) is 11.5 Å². The number of hydrogen-bond acceptors (Lipinski definition) is 8. The first kappa shape index (κ1) is 37.4. The number of rotatable bonds is 23. The van der Waals surface area contributed by atoms with E-state index >= 15 is 0 Å². The summed E-state index contributed by atoms with van der Waals surface area (Å²) in [5.74, 6) is 0.538. The summed E-state index contributed by atoms with van der Waals surface area (Å²) in [7, 11) is 0. The van der Waals surface area contributed by atoms with Crippen LogP contribution in [0.1, 0.15) is 109 Å². The molecule has 8 heteroatoms. The van der Waals surface area contributed by atoms with Gasteiger partial charge in [0, 0.05) is 24.0 Å². The molecule has 0 atom stereocenters. The van der Waals surface area contributed by atoms with Crippen molar-refractivity contribution in [2.45, 2.75) is 110 Å². The number of unbranched alkanes of at least 4 members (excludes halogenated alkanes) is 9. The van der Waals surface area contributed by atoms with Gasteiger partial charge in [-0.1, -0.05) is 70.9 Å². The number of aromatic nitrogens is 3. The van der Waals surface area contributed by atoms with Crippen molar-refractivity contribution in [1.29, 1.82) is 0 Å². The largest absolute Gasteiger partial charge is 0.384 e. The molecule has 44 heavy (non-hydrogen) atoms. The molecule has 0 bridgehead atoms. The summed E-state index contributed by atoms with van der Waals surface area (Å²) >= 11 is 0. The number of nitrogens with one attached hydrogen (secondary N) is 1. The molecular formula is C36H62N8. The fourth-order valence-corrected chi connectivity index (χ4v) is 5.43. The van der Waals surface area contributed by atoms with Crippen molar-refractivity contribution >= 4 is 22.4 Å². The van der Waals surface area contributed by atoms with Crippen LogP contribution >= 0.6 is 0 Å². The standard InChI is InChI=1S/C28H55N5.C8H7N3/c1-3-5-24-33(23-4-2)25-15-12-16-26-17-18-27(28(32-26)19-21-30)31-22-14-11-9-7-6-8-10-13-20-29;9-8-6-3-1-2-4-7(6)10-5-11-8/h17-18,31H,3-16,19-25,29-30H2,1-2H3;1-5H,(H2,9,10,11). The van der Waals surface area contributed by atoms with Crippen molar-refractivity contribution in [1.82, 2.24) is 19.9 Å². The molecule has 0 saturated carbocycles. The molecule has 0 aliphatic heterocycles. The third-order valence-corrected chi connectivity index (χ3v) is 7.96. The second-order valence-corrected chi connectivity index (χ2v) is 11.8. The predicted octanol–water partition coefficient (Wildman–Crippen LogP) is 7.12. The minimum atomic E-state index is 0.538. The van der Waals surface area contributed by atoms with Gasteiger partial charge in [0.2, 0.25) is 0 Å². The molecule has 3 rings (SSSR count). The maximum Gasteiger partial charge on any atom is 0.134 e. The van der Waals surface area contributed by atoms with E-state index in [2.05, 4.69) is 46.2 Å². The SMILES string of the molecule is CCCCN(CCC)CCCCc1ccc(NCCCCCCCCCCN)c(CCN)n1.Nc1ncnc2ccccc12. The summed E-state index contributed by atoms with van der Waals surface area (Å²) < 4.78 is 0. The summed E-state index contributed by atoms with van der Waals surface area (Å²) in [4.78, 5) is 15.5. The smallest absolute Gasteiger partial charge is 0.134 e. The van der Waals surface area contributed by atoms with Gasteiger partial charge in [-0.3, -0.25) is 4.98 Å². The molecule has 0 aliphatic rings. The Morgan fingerprint density at radius 2 is 1.41 bits per heavy atom. The second-order valence-electron chi connectivity index (χ2n) is 11.8. The van der Waals surface area contributed by atoms with E-state index in [1.807, 2.05) is 24.3 Å². The van der Waals surface area contributed by atoms with Crippen LogP contribution < -0.4 is 22.5 Å². The molecule has 0 fully saturated rings. The first-order valence-electron chi connectivity index (χ1n) is 17.4. The number of para-hydroxylation sites is 1. The van der Waals surface area contributed by atoms with Crippen LogP contribution in [-0.2, 0) is 12.8 Å². The monoisotopic (exact) mass is 607 g/mol. The molecule has 1 aromatic carbocycles. The molecule has 3 aromatic rings. The lowest BCUT2D eigenvalue weighted by Crippen LogP contribution is -2.27. The van der Waals surface area contributed by atoms with Gasteiger partial charge >= 0.3 is 0 Å². The molecule has 0 saturated heterocycles. The van der Waals surface area contributed by atoms with Crippen molar-refractivity contribution in [3.63, 3.8) is 0 Å².